The van der Waals surface area contributed by atoms with Crippen LogP contribution in [0.2, 0.25) is 5.02 Å². The van der Waals surface area contributed by atoms with Gasteiger partial charge in [-0.3, -0.25) is 4.79 Å². The fourth-order valence-electron chi connectivity index (χ4n) is 2.24. The Hall–Kier alpha value is -2.37. The summed E-state index contributed by atoms with van der Waals surface area (Å²) in [6.07, 6.45) is 0.762. The van der Waals surface area contributed by atoms with E-state index in [-0.39, 0.29) is 5.91 Å². The van der Waals surface area contributed by atoms with E-state index >= 15 is 0 Å². The van der Waals surface area contributed by atoms with E-state index in [1.54, 1.807) is 29.8 Å². The minimum Gasteiger partial charge on any atom is -0.487 e. The molecule has 128 valence electrons. The Morgan fingerprint density at radius 1 is 1.12 bits per heavy atom. The molecule has 3 aromatic rings. The molecule has 0 aliphatic heterocycles. The summed E-state index contributed by atoms with van der Waals surface area (Å²) >= 11 is 7.39. The molecule has 0 aliphatic carbocycles. The zero-order valence-electron chi connectivity index (χ0n) is 13.4. The van der Waals surface area contributed by atoms with Crippen LogP contribution in [0.3, 0.4) is 0 Å². The fourth-order valence-corrected chi connectivity index (χ4v) is 2.91. The Bertz CT molecular complexity index is 802. The number of rotatable bonds is 7. The second kappa shape index (κ2) is 8.65. The highest BCUT2D eigenvalue weighted by Crippen LogP contribution is 2.14. The lowest BCUT2D eigenvalue weighted by molar-refractivity contribution is 0.0954. The first-order valence-corrected chi connectivity index (χ1v) is 9.15. The summed E-state index contributed by atoms with van der Waals surface area (Å²) in [6.45, 7) is 0.999. The number of nitrogens with one attached hydrogen (secondary N) is 1. The predicted molar refractivity (Wildman–Crippen MR) is 100 cm³/mol. The van der Waals surface area contributed by atoms with E-state index in [2.05, 4.69) is 10.3 Å². The summed E-state index contributed by atoms with van der Waals surface area (Å²) < 4.78 is 5.64. The summed E-state index contributed by atoms with van der Waals surface area (Å²) in [7, 11) is 0. The van der Waals surface area contributed by atoms with Crippen molar-refractivity contribution >= 4 is 28.8 Å². The molecule has 0 radical (unpaired) electrons. The van der Waals surface area contributed by atoms with Crippen molar-refractivity contribution in [1.29, 1.82) is 0 Å². The molecule has 1 N–H and O–H groups in total. The third-order valence-electron chi connectivity index (χ3n) is 3.60. The molecule has 0 aliphatic rings. The molecule has 1 amide bonds. The number of halogens is 1. The van der Waals surface area contributed by atoms with E-state index in [4.69, 9.17) is 16.3 Å². The van der Waals surface area contributed by atoms with Crippen molar-refractivity contribution in [3.05, 3.63) is 81.3 Å². The van der Waals surface area contributed by atoms with E-state index in [0.29, 0.717) is 29.5 Å². The van der Waals surface area contributed by atoms with Crippen LogP contribution in [-0.2, 0) is 13.0 Å². The molecule has 0 bridgehead atoms. The van der Waals surface area contributed by atoms with E-state index in [9.17, 15) is 4.79 Å². The number of carbonyl (C=O) groups excluding carboxylic acids is 1. The first kappa shape index (κ1) is 17.5. The van der Waals surface area contributed by atoms with Gasteiger partial charge in [-0.2, -0.15) is 0 Å². The number of hydrogen-bond acceptors (Lipinski definition) is 4. The summed E-state index contributed by atoms with van der Waals surface area (Å²) in [6, 6.07) is 14.7. The molecule has 2 aromatic carbocycles. The van der Waals surface area contributed by atoms with Gasteiger partial charge in [0.15, 0.2) is 0 Å². The number of carbonyl (C=O) groups is 1. The SMILES string of the molecule is O=C(NCCc1ccc(Cl)cc1)c1ccc(OCc2cscn2)cc1. The molecular formula is C19H17ClN2O2S. The number of hydrogen-bond donors (Lipinski definition) is 1. The number of nitrogens with zero attached hydrogens (tertiary/aromatic N) is 1. The number of thiazole rings is 1. The molecule has 3 rings (SSSR count). The van der Waals surface area contributed by atoms with Crippen LogP contribution < -0.4 is 10.1 Å². The zero-order chi connectivity index (χ0) is 17.5. The van der Waals surface area contributed by atoms with Crippen molar-refractivity contribution in [2.45, 2.75) is 13.0 Å². The molecule has 0 saturated heterocycles. The Kier molecular flexibility index (Phi) is 6.04. The number of aromatic nitrogens is 1. The van der Waals surface area contributed by atoms with Crippen molar-refractivity contribution in [1.82, 2.24) is 10.3 Å². The predicted octanol–water partition coefficient (Wildman–Crippen LogP) is 4.35. The average Bonchev–Trinajstić information content (AvgIpc) is 3.15. The summed E-state index contributed by atoms with van der Waals surface area (Å²) in [5.41, 5.74) is 4.41. The van der Waals surface area contributed by atoms with Gasteiger partial charge in [-0.25, -0.2) is 4.98 Å². The van der Waals surface area contributed by atoms with Crippen molar-refractivity contribution in [2.75, 3.05) is 6.54 Å². The molecule has 1 heterocycles. The molecule has 0 saturated carbocycles. The van der Waals surface area contributed by atoms with Crippen LogP contribution in [-0.4, -0.2) is 17.4 Å². The van der Waals surface area contributed by atoms with Gasteiger partial charge < -0.3 is 10.1 Å². The van der Waals surface area contributed by atoms with Crippen LogP contribution in [0, 0.1) is 0 Å². The Morgan fingerprint density at radius 3 is 2.56 bits per heavy atom. The minimum absolute atomic E-state index is 0.0972. The lowest BCUT2D eigenvalue weighted by Gasteiger charge is -2.07. The Balaban J connectivity index is 1.46. The Labute approximate surface area is 155 Å². The molecule has 0 unspecified atom stereocenters. The molecule has 1 aromatic heterocycles. The van der Waals surface area contributed by atoms with E-state index < -0.39 is 0 Å². The van der Waals surface area contributed by atoms with Crippen LogP contribution in [0.15, 0.2) is 59.4 Å². The maximum atomic E-state index is 12.2. The number of amides is 1. The molecule has 25 heavy (non-hydrogen) atoms. The van der Waals surface area contributed by atoms with Crippen LogP contribution in [0.4, 0.5) is 0 Å². The van der Waals surface area contributed by atoms with Crippen molar-refractivity contribution in [3.8, 4) is 5.75 Å². The van der Waals surface area contributed by atoms with Gasteiger partial charge in [0.05, 0.1) is 11.2 Å². The lowest BCUT2D eigenvalue weighted by atomic mass is 10.1. The van der Waals surface area contributed by atoms with E-state index in [1.165, 1.54) is 11.3 Å². The van der Waals surface area contributed by atoms with E-state index in [1.807, 2.05) is 29.6 Å². The topological polar surface area (TPSA) is 51.2 Å². The standard InChI is InChI=1S/C19H17ClN2O2S/c20-16-5-1-14(2-6-16)9-10-21-19(23)15-3-7-18(8-4-15)24-11-17-12-25-13-22-17/h1-8,12-13H,9-11H2,(H,21,23). The number of benzene rings is 2. The van der Waals surface area contributed by atoms with Crippen LogP contribution in [0.1, 0.15) is 21.6 Å². The smallest absolute Gasteiger partial charge is 0.251 e. The zero-order valence-corrected chi connectivity index (χ0v) is 15.0. The summed E-state index contributed by atoms with van der Waals surface area (Å²) in [5, 5.41) is 5.57. The first-order valence-electron chi connectivity index (χ1n) is 7.83. The molecule has 6 heteroatoms. The number of ether oxygens (including phenoxy) is 1. The second-order valence-electron chi connectivity index (χ2n) is 5.43. The summed E-state index contributed by atoms with van der Waals surface area (Å²) in [4.78, 5) is 16.3. The second-order valence-corrected chi connectivity index (χ2v) is 6.58. The van der Waals surface area contributed by atoms with Gasteiger partial charge in [-0.1, -0.05) is 23.7 Å². The first-order chi connectivity index (χ1) is 12.2. The highest BCUT2D eigenvalue weighted by atomic mass is 35.5. The third kappa shape index (κ3) is 5.31. The normalized spacial score (nSPS) is 10.4. The Morgan fingerprint density at radius 2 is 1.88 bits per heavy atom. The molecule has 0 spiro atoms. The van der Waals surface area contributed by atoms with Gasteiger partial charge >= 0.3 is 0 Å². The monoisotopic (exact) mass is 372 g/mol. The van der Waals surface area contributed by atoms with Gasteiger partial charge in [-0.05, 0) is 48.4 Å². The fraction of sp³-hybridized carbons (Fsp3) is 0.158. The van der Waals surface area contributed by atoms with Gasteiger partial charge in [0.2, 0.25) is 0 Å². The van der Waals surface area contributed by atoms with Crippen molar-refractivity contribution in [3.63, 3.8) is 0 Å². The van der Waals surface area contributed by atoms with Crippen LogP contribution >= 0.6 is 22.9 Å². The largest absolute Gasteiger partial charge is 0.487 e. The molecule has 4 nitrogen and oxygen atoms in total. The lowest BCUT2D eigenvalue weighted by Crippen LogP contribution is -2.25. The maximum Gasteiger partial charge on any atom is 0.251 e. The van der Waals surface area contributed by atoms with E-state index in [0.717, 1.165) is 17.7 Å². The van der Waals surface area contributed by atoms with Gasteiger partial charge in [0, 0.05) is 22.5 Å². The molecular weight excluding hydrogens is 356 g/mol. The third-order valence-corrected chi connectivity index (χ3v) is 4.49. The highest BCUT2D eigenvalue weighted by Gasteiger charge is 2.06. The average molecular weight is 373 g/mol. The molecule has 0 atom stereocenters. The molecule has 0 fully saturated rings. The van der Waals surface area contributed by atoms with Crippen LogP contribution in [0.25, 0.3) is 0 Å². The highest BCUT2D eigenvalue weighted by molar-refractivity contribution is 7.07. The minimum atomic E-state index is -0.0972. The van der Waals surface area contributed by atoms with Gasteiger partial charge in [0.1, 0.15) is 12.4 Å². The van der Waals surface area contributed by atoms with Crippen molar-refractivity contribution < 1.29 is 9.53 Å². The van der Waals surface area contributed by atoms with Gasteiger partial charge in [0.25, 0.3) is 5.91 Å². The van der Waals surface area contributed by atoms with Crippen molar-refractivity contribution in [2.24, 2.45) is 0 Å². The van der Waals surface area contributed by atoms with Gasteiger partial charge in [-0.15, -0.1) is 11.3 Å². The maximum absolute atomic E-state index is 12.2. The van der Waals surface area contributed by atoms with Crippen LogP contribution in [0.5, 0.6) is 5.75 Å². The quantitative estimate of drug-likeness (QED) is 0.670. The summed E-state index contributed by atoms with van der Waals surface area (Å²) in [5.74, 6) is 0.616.